The molecule has 0 unspecified atom stereocenters. The lowest BCUT2D eigenvalue weighted by atomic mass is 10.1. The standard InChI is InChI=1S/C16H12ClFN2O3/c17-9-5-6-10(11(18)7-9)16(22)20-8-14(15(19)21)23-13-4-2-1-3-12(13)20/h1-7,14H,8H2,(H2,19,21)/t14-/m1/s1. The van der Waals surface area contributed by atoms with Crippen LogP contribution in [0.5, 0.6) is 5.75 Å². The molecule has 1 aliphatic heterocycles. The molecule has 3 rings (SSSR count). The molecule has 23 heavy (non-hydrogen) atoms. The summed E-state index contributed by atoms with van der Waals surface area (Å²) in [5, 5.41) is 0.191. The summed E-state index contributed by atoms with van der Waals surface area (Å²) in [7, 11) is 0. The number of fused-ring (bicyclic) bond motifs is 1. The van der Waals surface area contributed by atoms with Crippen LogP contribution in [0.2, 0.25) is 5.02 Å². The molecule has 2 amide bonds. The summed E-state index contributed by atoms with van der Waals surface area (Å²) in [6, 6.07) is 10.5. The normalized spacial score (nSPS) is 16.4. The van der Waals surface area contributed by atoms with Gasteiger partial charge in [0.25, 0.3) is 11.8 Å². The number of ether oxygens (including phenoxy) is 1. The molecule has 0 aliphatic carbocycles. The number of benzene rings is 2. The summed E-state index contributed by atoms with van der Waals surface area (Å²) in [6.45, 7) is -0.0900. The number of rotatable bonds is 2. The molecule has 118 valence electrons. The second kappa shape index (κ2) is 5.89. The molecule has 0 fully saturated rings. The van der Waals surface area contributed by atoms with E-state index in [1.807, 2.05) is 0 Å². The first kappa shape index (κ1) is 15.3. The van der Waals surface area contributed by atoms with Gasteiger partial charge in [-0.25, -0.2) is 4.39 Å². The number of anilines is 1. The van der Waals surface area contributed by atoms with E-state index in [9.17, 15) is 14.0 Å². The van der Waals surface area contributed by atoms with Crippen molar-refractivity contribution < 1.29 is 18.7 Å². The zero-order valence-corrected chi connectivity index (χ0v) is 12.6. The van der Waals surface area contributed by atoms with Crippen LogP contribution in [0.25, 0.3) is 0 Å². The number of para-hydroxylation sites is 2. The monoisotopic (exact) mass is 334 g/mol. The van der Waals surface area contributed by atoms with Gasteiger partial charge in [0.1, 0.15) is 11.6 Å². The minimum Gasteiger partial charge on any atom is -0.477 e. The van der Waals surface area contributed by atoms with Crippen LogP contribution < -0.4 is 15.4 Å². The minimum atomic E-state index is -0.996. The van der Waals surface area contributed by atoms with Crippen molar-refractivity contribution in [1.82, 2.24) is 0 Å². The quantitative estimate of drug-likeness (QED) is 0.916. The Morgan fingerprint density at radius 2 is 2.00 bits per heavy atom. The molecular weight excluding hydrogens is 323 g/mol. The van der Waals surface area contributed by atoms with Crippen LogP contribution in [-0.4, -0.2) is 24.5 Å². The summed E-state index contributed by atoms with van der Waals surface area (Å²) in [6.07, 6.45) is -0.996. The third-order valence-corrected chi connectivity index (χ3v) is 3.73. The molecule has 0 radical (unpaired) electrons. The molecule has 7 heteroatoms. The number of carbonyl (C=O) groups excluding carboxylic acids is 2. The average Bonchev–Trinajstić information content (AvgIpc) is 2.53. The number of amides is 2. The maximum atomic E-state index is 14.0. The number of primary amides is 1. The average molecular weight is 335 g/mol. The van der Waals surface area contributed by atoms with Crippen molar-refractivity contribution in [2.75, 3.05) is 11.4 Å². The summed E-state index contributed by atoms with van der Waals surface area (Å²) in [4.78, 5) is 25.4. The first-order valence-corrected chi connectivity index (χ1v) is 7.17. The number of hydrogen-bond donors (Lipinski definition) is 1. The molecule has 0 saturated carbocycles. The van der Waals surface area contributed by atoms with E-state index >= 15 is 0 Å². The van der Waals surface area contributed by atoms with Crippen molar-refractivity contribution in [3.63, 3.8) is 0 Å². The minimum absolute atomic E-state index is 0.0900. The van der Waals surface area contributed by atoms with Gasteiger partial charge in [-0.1, -0.05) is 23.7 Å². The zero-order chi connectivity index (χ0) is 16.6. The molecule has 0 aromatic heterocycles. The van der Waals surface area contributed by atoms with E-state index in [-0.39, 0.29) is 17.1 Å². The Hall–Kier alpha value is -2.60. The molecule has 1 aliphatic rings. The fourth-order valence-corrected chi connectivity index (χ4v) is 2.54. The molecule has 5 nitrogen and oxygen atoms in total. The van der Waals surface area contributed by atoms with E-state index in [2.05, 4.69) is 0 Å². The third-order valence-electron chi connectivity index (χ3n) is 3.50. The highest BCUT2D eigenvalue weighted by atomic mass is 35.5. The van der Waals surface area contributed by atoms with Crippen molar-refractivity contribution in [1.29, 1.82) is 0 Å². The lowest BCUT2D eigenvalue weighted by Crippen LogP contribution is -2.49. The molecule has 0 spiro atoms. The van der Waals surface area contributed by atoms with Crippen molar-refractivity contribution in [3.8, 4) is 5.75 Å². The highest BCUT2D eigenvalue weighted by Crippen LogP contribution is 2.34. The van der Waals surface area contributed by atoms with E-state index in [4.69, 9.17) is 22.1 Å². The van der Waals surface area contributed by atoms with E-state index in [1.165, 1.54) is 17.0 Å². The van der Waals surface area contributed by atoms with Crippen LogP contribution in [0.15, 0.2) is 42.5 Å². The fourth-order valence-electron chi connectivity index (χ4n) is 2.38. The van der Waals surface area contributed by atoms with Gasteiger partial charge in [-0.05, 0) is 30.3 Å². The van der Waals surface area contributed by atoms with E-state index in [0.29, 0.717) is 11.4 Å². The predicted octanol–water partition coefficient (Wildman–Crippen LogP) is 2.37. The van der Waals surface area contributed by atoms with Crippen LogP contribution in [0.1, 0.15) is 10.4 Å². The van der Waals surface area contributed by atoms with Gasteiger partial charge in [0.2, 0.25) is 0 Å². The van der Waals surface area contributed by atoms with Gasteiger partial charge in [0, 0.05) is 5.02 Å². The maximum Gasteiger partial charge on any atom is 0.261 e. The molecule has 1 atom stereocenters. The Morgan fingerprint density at radius 3 is 2.70 bits per heavy atom. The first-order valence-electron chi connectivity index (χ1n) is 6.79. The van der Waals surface area contributed by atoms with Crippen molar-refractivity contribution in [2.45, 2.75) is 6.10 Å². The molecule has 1 heterocycles. The highest BCUT2D eigenvalue weighted by molar-refractivity contribution is 6.30. The van der Waals surface area contributed by atoms with Gasteiger partial charge in [-0.3, -0.25) is 9.59 Å². The molecule has 0 saturated heterocycles. The van der Waals surface area contributed by atoms with Crippen LogP contribution in [0, 0.1) is 5.82 Å². The number of nitrogens with zero attached hydrogens (tertiary/aromatic N) is 1. The smallest absolute Gasteiger partial charge is 0.261 e. The summed E-state index contributed by atoms with van der Waals surface area (Å²) in [5.41, 5.74) is 5.59. The molecule has 2 aromatic carbocycles. The van der Waals surface area contributed by atoms with Gasteiger partial charge in [0.05, 0.1) is 17.8 Å². The number of hydrogen-bond acceptors (Lipinski definition) is 3. The maximum absolute atomic E-state index is 14.0. The van der Waals surface area contributed by atoms with Gasteiger partial charge in [0.15, 0.2) is 6.10 Å². The van der Waals surface area contributed by atoms with Crippen LogP contribution >= 0.6 is 11.6 Å². The van der Waals surface area contributed by atoms with Gasteiger partial charge in [-0.2, -0.15) is 0 Å². The van der Waals surface area contributed by atoms with Gasteiger partial charge < -0.3 is 15.4 Å². The number of nitrogens with two attached hydrogens (primary N) is 1. The van der Waals surface area contributed by atoms with Crippen molar-refractivity contribution in [3.05, 3.63) is 58.9 Å². The Bertz CT molecular complexity index is 797. The SMILES string of the molecule is NC(=O)[C@H]1CN(C(=O)c2ccc(Cl)cc2F)c2ccccc2O1. The molecular formula is C16H12ClFN2O3. The van der Waals surface area contributed by atoms with E-state index in [0.717, 1.165) is 6.07 Å². The largest absolute Gasteiger partial charge is 0.477 e. The fraction of sp³-hybridized carbons (Fsp3) is 0.125. The third kappa shape index (κ3) is 2.85. The molecule has 2 aromatic rings. The second-order valence-electron chi connectivity index (χ2n) is 5.02. The Balaban J connectivity index is 2.03. The predicted molar refractivity (Wildman–Crippen MR) is 83.1 cm³/mol. The van der Waals surface area contributed by atoms with Gasteiger partial charge in [-0.15, -0.1) is 0 Å². The van der Waals surface area contributed by atoms with Crippen molar-refractivity contribution in [2.24, 2.45) is 5.73 Å². The molecule has 2 N–H and O–H groups in total. The Morgan fingerprint density at radius 1 is 1.26 bits per heavy atom. The van der Waals surface area contributed by atoms with Crippen molar-refractivity contribution >= 4 is 29.1 Å². The first-order chi connectivity index (χ1) is 11.0. The lowest BCUT2D eigenvalue weighted by Gasteiger charge is -2.33. The van der Waals surface area contributed by atoms with Gasteiger partial charge >= 0.3 is 0 Å². The summed E-state index contributed by atoms with van der Waals surface area (Å²) >= 11 is 5.71. The van der Waals surface area contributed by atoms with E-state index < -0.39 is 23.7 Å². The topological polar surface area (TPSA) is 72.6 Å². The lowest BCUT2D eigenvalue weighted by molar-refractivity contribution is -0.124. The Labute approximate surface area is 136 Å². The molecule has 0 bridgehead atoms. The number of carbonyl (C=O) groups is 2. The second-order valence-corrected chi connectivity index (χ2v) is 5.45. The zero-order valence-electron chi connectivity index (χ0n) is 11.8. The highest BCUT2D eigenvalue weighted by Gasteiger charge is 2.33. The number of halogens is 2. The van der Waals surface area contributed by atoms with E-state index in [1.54, 1.807) is 24.3 Å². The summed E-state index contributed by atoms with van der Waals surface area (Å²) < 4.78 is 19.5. The van der Waals surface area contributed by atoms with Crippen LogP contribution in [-0.2, 0) is 4.79 Å². The summed E-state index contributed by atoms with van der Waals surface area (Å²) in [5.74, 6) is -1.69. The van der Waals surface area contributed by atoms with Crippen LogP contribution in [0.3, 0.4) is 0 Å². The van der Waals surface area contributed by atoms with Crippen LogP contribution in [0.4, 0.5) is 10.1 Å². The Kier molecular flexibility index (Phi) is 3.92.